The van der Waals surface area contributed by atoms with Crippen molar-refractivity contribution in [2.45, 2.75) is 31.3 Å². The summed E-state index contributed by atoms with van der Waals surface area (Å²) in [6.07, 6.45) is 0.572. The summed E-state index contributed by atoms with van der Waals surface area (Å²) < 4.78 is 0. The molecule has 0 bridgehead atoms. The third kappa shape index (κ3) is 6.35. The van der Waals surface area contributed by atoms with Crippen molar-refractivity contribution in [2.24, 2.45) is 16.5 Å². The number of hydrogen-bond donors (Lipinski definition) is 5. The summed E-state index contributed by atoms with van der Waals surface area (Å²) in [5.41, 5.74) is 15.2. The number of nitrogens with two attached hydrogens (primary N) is 2. The van der Waals surface area contributed by atoms with Crippen LogP contribution >= 0.6 is 0 Å². The number of aliphatic imine (C=N–C) groups is 1. The van der Waals surface area contributed by atoms with E-state index in [1.165, 1.54) is 17.0 Å². The lowest BCUT2D eigenvalue weighted by Crippen LogP contribution is -2.51. The highest BCUT2D eigenvalue weighted by Gasteiger charge is 2.39. The minimum Gasteiger partial charge on any atom is -0.508 e. The number of phenolic OH excluding ortho intramolecular Hbond substituents is 1. The molecule has 0 aromatic heterocycles. The Morgan fingerprint density at radius 1 is 0.923 bits per heavy atom. The van der Waals surface area contributed by atoms with Crippen LogP contribution in [0.1, 0.15) is 35.4 Å². The van der Waals surface area contributed by atoms with Gasteiger partial charge < -0.3 is 31.9 Å². The molecule has 7 N–H and O–H groups in total. The number of amides is 2. The SMILES string of the molecule is NC(N)=NCCC[C@@H](C(=O)NCC(=O)O)N(Cc1ccc(O)cc1)C(=O)C1c2ccccc2-c2ccccc21. The molecule has 0 saturated carbocycles. The van der Waals surface area contributed by atoms with Gasteiger partial charge in [-0.3, -0.25) is 19.4 Å². The van der Waals surface area contributed by atoms with Crippen LogP contribution in [0.5, 0.6) is 5.75 Å². The number of benzene rings is 3. The molecule has 0 aliphatic heterocycles. The van der Waals surface area contributed by atoms with E-state index in [-0.39, 0.29) is 37.1 Å². The number of guanidine groups is 1. The Kier molecular flexibility index (Phi) is 8.45. The summed E-state index contributed by atoms with van der Waals surface area (Å²) in [6, 6.07) is 20.7. The lowest BCUT2D eigenvalue weighted by atomic mass is 9.93. The Balaban J connectivity index is 1.75. The predicted molar refractivity (Wildman–Crippen MR) is 147 cm³/mol. The predicted octanol–water partition coefficient (Wildman–Crippen LogP) is 2.16. The van der Waals surface area contributed by atoms with Gasteiger partial charge in [0.15, 0.2) is 5.96 Å². The van der Waals surface area contributed by atoms with E-state index < -0.39 is 30.4 Å². The maximum absolute atomic E-state index is 14.5. The van der Waals surface area contributed by atoms with E-state index in [0.29, 0.717) is 12.0 Å². The molecule has 0 heterocycles. The molecule has 39 heavy (non-hydrogen) atoms. The first-order valence-electron chi connectivity index (χ1n) is 12.6. The van der Waals surface area contributed by atoms with E-state index in [9.17, 15) is 19.5 Å². The van der Waals surface area contributed by atoms with Gasteiger partial charge in [0, 0.05) is 13.1 Å². The van der Waals surface area contributed by atoms with Gasteiger partial charge in [0.1, 0.15) is 18.3 Å². The van der Waals surface area contributed by atoms with Crippen molar-refractivity contribution < 1.29 is 24.6 Å². The molecule has 3 aromatic rings. The highest BCUT2D eigenvalue weighted by Crippen LogP contribution is 2.45. The van der Waals surface area contributed by atoms with Crippen molar-refractivity contribution >= 4 is 23.7 Å². The van der Waals surface area contributed by atoms with E-state index in [0.717, 1.165) is 22.3 Å². The topological polar surface area (TPSA) is 171 Å². The van der Waals surface area contributed by atoms with Gasteiger partial charge >= 0.3 is 5.97 Å². The molecule has 0 unspecified atom stereocenters. The number of carboxylic acid groups (broad SMARTS) is 1. The third-order valence-corrected chi connectivity index (χ3v) is 6.68. The zero-order valence-electron chi connectivity index (χ0n) is 21.3. The van der Waals surface area contributed by atoms with Crippen LogP contribution in [0.3, 0.4) is 0 Å². The number of nitrogens with one attached hydrogen (secondary N) is 1. The second-order valence-electron chi connectivity index (χ2n) is 9.32. The van der Waals surface area contributed by atoms with Crippen LogP contribution in [0.4, 0.5) is 0 Å². The summed E-state index contributed by atoms with van der Waals surface area (Å²) in [5, 5.41) is 21.4. The van der Waals surface area contributed by atoms with Gasteiger partial charge in [-0.1, -0.05) is 60.7 Å². The number of carbonyl (C=O) groups excluding carboxylic acids is 2. The Morgan fingerprint density at radius 3 is 2.08 bits per heavy atom. The lowest BCUT2D eigenvalue weighted by molar-refractivity contribution is -0.143. The van der Waals surface area contributed by atoms with Crippen molar-refractivity contribution in [2.75, 3.05) is 13.1 Å². The molecule has 0 spiro atoms. The molecule has 1 aliphatic carbocycles. The molecule has 1 aliphatic rings. The van der Waals surface area contributed by atoms with Crippen LogP contribution in [0, 0.1) is 0 Å². The normalized spacial score (nSPS) is 12.6. The van der Waals surface area contributed by atoms with Crippen LogP contribution in [-0.2, 0) is 20.9 Å². The van der Waals surface area contributed by atoms with E-state index in [1.807, 2.05) is 48.5 Å². The highest BCUT2D eigenvalue weighted by molar-refractivity contribution is 5.98. The molecule has 10 nitrogen and oxygen atoms in total. The van der Waals surface area contributed by atoms with E-state index in [4.69, 9.17) is 16.6 Å². The Morgan fingerprint density at radius 2 is 1.51 bits per heavy atom. The van der Waals surface area contributed by atoms with E-state index >= 15 is 0 Å². The molecule has 3 aromatic carbocycles. The monoisotopic (exact) mass is 529 g/mol. The summed E-state index contributed by atoms with van der Waals surface area (Å²) in [6.45, 7) is -0.283. The highest BCUT2D eigenvalue weighted by atomic mass is 16.4. The number of phenols is 1. The summed E-state index contributed by atoms with van der Waals surface area (Å²) in [7, 11) is 0. The average molecular weight is 530 g/mol. The summed E-state index contributed by atoms with van der Waals surface area (Å²) in [5.74, 6) is -2.74. The van der Waals surface area contributed by atoms with Crippen molar-refractivity contribution in [3.05, 3.63) is 89.5 Å². The molecule has 202 valence electrons. The van der Waals surface area contributed by atoms with Crippen molar-refractivity contribution in [3.8, 4) is 16.9 Å². The van der Waals surface area contributed by atoms with Gasteiger partial charge in [-0.05, 0) is 52.8 Å². The zero-order chi connectivity index (χ0) is 27.9. The smallest absolute Gasteiger partial charge is 0.322 e. The van der Waals surface area contributed by atoms with Gasteiger partial charge in [-0.25, -0.2) is 0 Å². The minimum atomic E-state index is -1.20. The Bertz CT molecular complexity index is 1340. The molecular formula is C29H31N5O5. The van der Waals surface area contributed by atoms with Crippen molar-refractivity contribution in [1.82, 2.24) is 10.2 Å². The molecule has 0 radical (unpaired) electrons. The van der Waals surface area contributed by atoms with Gasteiger partial charge in [-0.15, -0.1) is 0 Å². The Hall–Kier alpha value is -4.86. The number of carboxylic acids is 1. The fraction of sp³-hybridized carbons (Fsp3) is 0.241. The number of aromatic hydroxyl groups is 1. The molecule has 10 heteroatoms. The standard InChI is InChI=1S/C29H31N5O5/c30-29(31)32-15-5-10-24(27(38)33-16-25(36)37)34(17-18-11-13-19(35)14-12-18)28(39)26-22-8-3-1-6-20(22)21-7-2-4-9-23(21)26/h1-4,6-9,11-14,24,26,35H,5,10,15-17H2,(H,33,38)(H,36,37)(H4,30,31,32)/t24-/m0/s1. The van der Waals surface area contributed by atoms with Crippen LogP contribution in [-0.4, -0.2) is 58.0 Å². The fourth-order valence-corrected chi connectivity index (χ4v) is 4.93. The van der Waals surface area contributed by atoms with E-state index in [1.54, 1.807) is 12.1 Å². The number of aliphatic carboxylic acids is 1. The zero-order valence-corrected chi connectivity index (χ0v) is 21.3. The quantitative estimate of drug-likeness (QED) is 0.144. The largest absolute Gasteiger partial charge is 0.508 e. The van der Waals surface area contributed by atoms with Gasteiger partial charge in [0.2, 0.25) is 11.8 Å². The molecule has 0 saturated heterocycles. The van der Waals surface area contributed by atoms with Gasteiger partial charge in [0.25, 0.3) is 0 Å². The number of fused-ring (bicyclic) bond motifs is 3. The van der Waals surface area contributed by atoms with Crippen LogP contribution in [0.15, 0.2) is 77.8 Å². The molecule has 2 amide bonds. The first kappa shape index (κ1) is 27.2. The third-order valence-electron chi connectivity index (χ3n) is 6.68. The lowest BCUT2D eigenvalue weighted by Gasteiger charge is -2.33. The fourth-order valence-electron chi connectivity index (χ4n) is 4.93. The van der Waals surface area contributed by atoms with E-state index in [2.05, 4.69) is 10.3 Å². The maximum Gasteiger partial charge on any atom is 0.322 e. The van der Waals surface area contributed by atoms with Crippen molar-refractivity contribution in [1.29, 1.82) is 0 Å². The first-order chi connectivity index (χ1) is 18.8. The van der Waals surface area contributed by atoms with Crippen LogP contribution in [0.25, 0.3) is 11.1 Å². The molecule has 4 rings (SSSR count). The minimum absolute atomic E-state index is 0.0629. The number of rotatable bonds is 11. The molecule has 1 atom stereocenters. The van der Waals surface area contributed by atoms with Gasteiger partial charge in [-0.2, -0.15) is 0 Å². The van der Waals surface area contributed by atoms with Crippen LogP contribution in [0.2, 0.25) is 0 Å². The second kappa shape index (κ2) is 12.1. The number of carbonyl (C=O) groups is 3. The average Bonchev–Trinajstić information content (AvgIpc) is 3.26. The maximum atomic E-state index is 14.5. The number of hydrogen-bond acceptors (Lipinski definition) is 5. The summed E-state index contributed by atoms with van der Waals surface area (Å²) in [4.78, 5) is 44.5. The van der Waals surface area contributed by atoms with Gasteiger partial charge in [0.05, 0.1) is 5.92 Å². The molecular weight excluding hydrogens is 498 g/mol. The Labute approximate surface area is 226 Å². The first-order valence-corrected chi connectivity index (χ1v) is 12.6. The van der Waals surface area contributed by atoms with Crippen LogP contribution < -0.4 is 16.8 Å². The molecule has 0 fully saturated rings. The second-order valence-corrected chi connectivity index (χ2v) is 9.32. The van der Waals surface area contributed by atoms with Crippen molar-refractivity contribution in [3.63, 3.8) is 0 Å². The summed E-state index contributed by atoms with van der Waals surface area (Å²) >= 11 is 0. The number of nitrogens with zero attached hydrogens (tertiary/aromatic N) is 2.